The fourth-order valence-electron chi connectivity index (χ4n) is 3.91. The van der Waals surface area contributed by atoms with Gasteiger partial charge in [0.15, 0.2) is 5.82 Å². The summed E-state index contributed by atoms with van der Waals surface area (Å²) in [6, 6.07) is 15.6. The summed E-state index contributed by atoms with van der Waals surface area (Å²) in [6.45, 7) is 6.24. The molecule has 9 nitrogen and oxygen atoms in total. The third kappa shape index (κ3) is 5.87. The molecule has 3 aromatic rings. The van der Waals surface area contributed by atoms with Gasteiger partial charge in [-0.25, -0.2) is 0 Å². The second-order valence-corrected chi connectivity index (χ2v) is 7.94. The highest BCUT2D eigenvalue weighted by molar-refractivity contribution is 5.76. The second-order valence-electron chi connectivity index (χ2n) is 7.94. The molecule has 1 aromatic heterocycles. The number of rotatable bonds is 9. The van der Waals surface area contributed by atoms with E-state index >= 15 is 0 Å². The molecule has 0 saturated carbocycles. The van der Waals surface area contributed by atoms with Gasteiger partial charge in [-0.3, -0.25) is 9.69 Å². The van der Waals surface area contributed by atoms with Crippen LogP contribution in [0.1, 0.15) is 24.7 Å². The molecule has 0 aliphatic carbocycles. The summed E-state index contributed by atoms with van der Waals surface area (Å²) in [5, 5.41) is 12.2. The van der Waals surface area contributed by atoms with E-state index in [0.29, 0.717) is 32.7 Å². The quantitative estimate of drug-likeness (QED) is 0.495. The predicted molar refractivity (Wildman–Crippen MR) is 123 cm³/mol. The lowest BCUT2D eigenvalue weighted by atomic mass is 10.1. The predicted octanol–water partition coefficient (Wildman–Crippen LogP) is 2.35. The van der Waals surface area contributed by atoms with Crippen molar-refractivity contribution in [2.45, 2.75) is 26.3 Å². The maximum absolute atomic E-state index is 12.7. The van der Waals surface area contributed by atoms with E-state index in [1.54, 1.807) is 11.8 Å². The van der Waals surface area contributed by atoms with Crippen LogP contribution in [0, 0.1) is 0 Å². The Morgan fingerprint density at radius 3 is 2.33 bits per heavy atom. The fourth-order valence-corrected chi connectivity index (χ4v) is 3.91. The van der Waals surface area contributed by atoms with E-state index in [4.69, 9.17) is 9.47 Å². The van der Waals surface area contributed by atoms with Crippen LogP contribution in [0.2, 0.25) is 0 Å². The van der Waals surface area contributed by atoms with E-state index < -0.39 is 0 Å². The first-order valence-electron chi connectivity index (χ1n) is 11.3. The molecule has 1 saturated heterocycles. The maximum atomic E-state index is 12.7. The molecule has 1 aliphatic rings. The SMILES string of the molecule is CCOc1ccc(-n2nnnc2CN2CCN(C(=O)CCc3ccc(OC)cc3)CC2)cc1. The number of hydrogen-bond acceptors (Lipinski definition) is 7. The van der Waals surface area contributed by atoms with Gasteiger partial charge in [-0.1, -0.05) is 12.1 Å². The van der Waals surface area contributed by atoms with E-state index in [1.165, 1.54) is 0 Å². The third-order valence-corrected chi connectivity index (χ3v) is 5.80. The minimum Gasteiger partial charge on any atom is -0.497 e. The summed E-state index contributed by atoms with van der Waals surface area (Å²) in [5.74, 6) is 2.63. The molecule has 0 N–H and O–H groups in total. The number of piperazine rings is 1. The molecule has 1 fully saturated rings. The first kappa shape index (κ1) is 22.7. The number of carbonyl (C=O) groups excluding carboxylic acids is 1. The number of benzene rings is 2. The van der Waals surface area contributed by atoms with E-state index in [-0.39, 0.29) is 5.91 Å². The highest BCUT2D eigenvalue weighted by Gasteiger charge is 2.22. The largest absolute Gasteiger partial charge is 0.497 e. The minimum atomic E-state index is 0.199. The summed E-state index contributed by atoms with van der Waals surface area (Å²) in [5.41, 5.74) is 2.04. The zero-order chi connectivity index (χ0) is 23.0. The van der Waals surface area contributed by atoms with Crippen LogP contribution in [-0.4, -0.2) is 75.8 Å². The molecule has 0 bridgehead atoms. The molecule has 2 heterocycles. The van der Waals surface area contributed by atoms with Gasteiger partial charge in [-0.2, -0.15) is 4.68 Å². The molecule has 2 aromatic carbocycles. The van der Waals surface area contributed by atoms with Crippen molar-refractivity contribution in [2.75, 3.05) is 39.9 Å². The number of carbonyl (C=O) groups is 1. The average Bonchev–Trinajstić information content (AvgIpc) is 3.32. The number of aryl methyl sites for hydroxylation is 1. The standard InChI is InChI=1S/C24H30N6O3/c1-3-33-22-11-7-20(8-12-22)30-23(25-26-27-30)18-28-14-16-29(17-15-28)24(31)13-6-19-4-9-21(32-2)10-5-19/h4-5,7-12H,3,6,13-18H2,1-2H3. The Balaban J connectivity index is 1.26. The lowest BCUT2D eigenvalue weighted by Gasteiger charge is -2.34. The summed E-state index contributed by atoms with van der Waals surface area (Å²) in [4.78, 5) is 16.9. The first-order valence-corrected chi connectivity index (χ1v) is 11.3. The fraction of sp³-hybridized carbons (Fsp3) is 0.417. The highest BCUT2D eigenvalue weighted by atomic mass is 16.5. The average molecular weight is 451 g/mol. The van der Waals surface area contributed by atoms with Crippen LogP contribution < -0.4 is 9.47 Å². The van der Waals surface area contributed by atoms with Gasteiger partial charge in [0.25, 0.3) is 0 Å². The van der Waals surface area contributed by atoms with Crippen molar-refractivity contribution in [1.82, 2.24) is 30.0 Å². The van der Waals surface area contributed by atoms with Crippen LogP contribution in [0.25, 0.3) is 5.69 Å². The summed E-state index contributed by atoms with van der Waals surface area (Å²) < 4.78 is 12.4. The first-order chi connectivity index (χ1) is 16.2. The van der Waals surface area contributed by atoms with Crippen LogP contribution in [0.3, 0.4) is 0 Å². The summed E-state index contributed by atoms with van der Waals surface area (Å²) in [6.07, 6.45) is 1.25. The molecular formula is C24H30N6O3. The van der Waals surface area contributed by atoms with Gasteiger partial charge >= 0.3 is 0 Å². The molecule has 0 radical (unpaired) electrons. The number of hydrogen-bond donors (Lipinski definition) is 0. The van der Waals surface area contributed by atoms with Crippen molar-refractivity contribution in [3.8, 4) is 17.2 Å². The van der Waals surface area contributed by atoms with Crippen LogP contribution in [0.15, 0.2) is 48.5 Å². The molecule has 0 spiro atoms. The molecule has 1 aliphatic heterocycles. The molecule has 0 unspecified atom stereocenters. The number of tetrazole rings is 1. The van der Waals surface area contributed by atoms with Gasteiger partial charge in [0.2, 0.25) is 5.91 Å². The molecule has 9 heteroatoms. The van der Waals surface area contributed by atoms with Crippen molar-refractivity contribution >= 4 is 5.91 Å². The van der Waals surface area contributed by atoms with E-state index in [9.17, 15) is 4.79 Å². The van der Waals surface area contributed by atoms with E-state index in [1.807, 2.05) is 60.4 Å². The summed E-state index contributed by atoms with van der Waals surface area (Å²) in [7, 11) is 1.65. The highest BCUT2D eigenvalue weighted by Crippen LogP contribution is 2.17. The zero-order valence-electron chi connectivity index (χ0n) is 19.2. The van der Waals surface area contributed by atoms with Crippen LogP contribution in [0.4, 0.5) is 0 Å². The molecule has 4 rings (SSSR count). The number of aromatic nitrogens is 4. The third-order valence-electron chi connectivity index (χ3n) is 5.80. The number of methoxy groups -OCH3 is 1. The van der Waals surface area contributed by atoms with Gasteiger partial charge in [-0.05, 0) is 65.7 Å². The Bertz CT molecular complexity index is 1030. The van der Waals surface area contributed by atoms with Gasteiger partial charge < -0.3 is 14.4 Å². The lowest BCUT2D eigenvalue weighted by Crippen LogP contribution is -2.48. The van der Waals surface area contributed by atoms with E-state index in [2.05, 4.69) is 20.4 Å². The van der Waals surface area contributed by atoms with E-state index in [0.717, 1.165) is 48.1 Å². The molecule has 0 atom stereocenters. The zero-order valence-corrected chi connectivity index (χ0v) is 19.2. The lowest BCUT2D eigenvalue weighted by molar-refractivity contribution is -0.133. The van der Waals surface area contributed by atoms with Gasteiger partial charge in [0, 0.05) is 32.6 Å². The van der Waals surface area contributed by atoms with Gasteiger partial charge in [-0.15, -0.1) is 5.10 Å². The molecule has 1 amide bonds. The van der Waals surface area contributed by atoms with Crippen LogP contribution >= 0.6 is 0 Å². The topological polar surface area (TPSA) is 85.6 Å². The van der Waals surface area contributed by atoms with Crippen molar-refractivity contribution in [3.05, 3.63) is 59.9 Å². The van der Waals surface area contributed by atoms with Crippen LogP contribution in [0.5, 0.6) is 11.5 Å². The Kier molecular flexibility index (Phi) is 7.51. The number of ether oxygens (including phenoxy) is 2. The van der Waals surface area contributed by atoms with Crippen molar-refractivity contribution in [3.63, 3.8) is 0 Å². The number of amides is 1. The summed E-state index contributed by atoms with van der Waals surface area (Å²) >= 11 is 0. The normalized spacial score (nSPS) is 14.3. The monoisotopic (exact) mass is 450 g/mol. The van der Waals surface area contributed by atoms with Crippen molar-refractivity contribution in [1.29, 1.82) is 0 Å². The van der Waals surface area contributed by atoms with Crippen LogP contribution in [-0.2, 0) is 17.8 Å². The molecule has 33 heavy (non-hydrogen) atoms. The van der Waals surface area contributed by atoms with Crippen molar-refractivity contribution in [2.24, 2.45) is 0 Å². The molecule has 174 valence electrons. The smallest absolute Gasteiger partial charge is 0.222 e. The molecular weight excluding hydrogens is 420 g/mol. The second kappa shape index (κ2) is 10.9. The Hall–Kier alpha value is -3.46. The Morgan fingerprint density at radius 2 is 1.67 bits per heavy atom. The van der Waals surface area contributed by atoms with Crippen molar-refractivity contribution < 1.29 is 14.3 Å². The number of nitrogens with zero attached hydrogens (tertiary/aromatic N) is 6. The van der Waals surface area contributed by atoms with Gasteiger partial charge in [0.05, 0.1) is 25.9 Å². The Labute approximate surface area is 193 Å². The Morgan fingerprint density at radius 1 is 0.970 bits per heavy atom. The van der Waals surface area contributed by atoms with Gasteiger partial charge in [0.1, 0.15) is 11.5 Å². The maximum Gasteiger partial charge on any atom is 0.222 e. The minimum absolute atomic E-state index is 0.199.